The maximum absolute atomic E-state index is 12.0. The number of nitro benzene ring substituents is 1. The SMILES string of the molecule is O=C(CCNc1cc2c(cc1[N+](=O)[O-])CCC(=O)N2)Nc1ccc(Br)cc1. The normalized spacial score (nSPS) is 12.7. The van der Waals surface area contributed by atoms with E-state index < -0.39 is 4.92 Å². The molecule has 1 heterocycles. The van der Waals surface area contributed by atoms with Gasteiger partial charge in [-0.2, -0.15) is 0 Å². The number of amides is 2. The molecule has 0 unspecified atom stereocenters. The lowest BCUT2D eigenvalue weighted by molar-refractivity contribution is -0.384. The van der Waals surface area contributed by atoms with Crippen molar-refractivity contribution in [3.63, 3.8) is 0 Å². The summed E-state index contributed by atoms with van der Waals surface area (Å²) in [5.74, 6) is -0.324. The number of aryl methyl sites for hydroxylation is 1. The van der Waals surface area contributed by atoms with E-state index in [1.807, 2.05) is 12.1 Å². The number of fused-ring (bicyclic) bond motifs is 1. The first-order chi connectivity index (χ1) is 12.9. The fourth-order valence-electron chi connectivity index (χ4n) is 2.78. The van der Waals surface area contributed by atoms with Gasteiger partial charge >= 0.3 is 0 Å². The van der Waals surface area contributed by atoms with Crippen LogP contribution in [0.5, 0.6) is 0 Å². The minimum absolute atomic E-state index is 0.0711. The predicted octanol–water partition coefficient (Wildman–Crippen LogP) is 3.68. The third-order valence-electron chi connectivity index (χ3n) is 4.11. The van der Waals surface area contributed by atoms with Crippen LogP contribution >= 0.6 is 15.9 Å². The van der Waals surface area contributed by atoms with Crippen LogP contribution in [0.2, 0.25) is 0 Å². The topological polar surface area (TPSA) is 113 Å². The number of nitrogens with one attached hydrogen (secondary N) is 3. The highest BCUT2D eigenvalue weighted by Gasteiger charge is 2.22. The monoisotopic (exact) mass is 432 g/mol. The fraction of sp³-hybridized carbons (Fsp3) is 0.222. The average molecular weight is 433 g/mol. The molecular formula is C18H17BrN4O4. The van der Waals surface area contributed by atoms with Crippen LogP contribution in [-0.2, 0) is 16.0 Å². The molecule has 0 saturated heterocycles. The van der Waals surface area contributed by atoms with E-state index in [0.717, 1.165) is 10.0 Å². The summed E-state index contributed by atoms with van der Waals surface area (Å²) in [6.45, 7) is 0.218. The third-order valence-corrected chi connectivity index (χ3v) is 4.64. The molecule has 0 bridgehead atoms. The molecule has 0 aliphatic carbocycles. The molecule has 0 fully saturated rings. The van der Waals surface area contributed by atoms with Gasteiger partial charge in [-0.15, -0.1) is 0 Å². The summed E-state index contributed by atoms with van der Waals surface area (Å²) < 4.78 is 0.911. The lowest BCUT2D eigenvalue weighted by Gasteiger charge is -2.18. The minimum Gasteiger partial charge on any atom is -0.379 e. The summed E-state index contributed by atoms with van der Waals surface area (Å²) in [4.78, 5) is 34.4. The molecule has 9 heteroatoms. The molecule has 2 aromatic rings. The molecule has 0 aromatic heterocycles. The van der Waals surface area contributed by atoms with E-state index in [0.29, 0.717) is 24.2 Å². The average Bonchev–Trinajstić information content (AvgIpc) is 2.62. The summed E-state index contributed by atoms with van der Waals surface area (Å²) in [6.07, 6.45) is 0.918. The second-order valence-corrected chi connectivity index (χ2v) is 6.98. The van der Waals surface area contributed by atoms with Crippen molar-refractivity contribution in [1.82, 2.24) is 0 Å². The van der Waals surface area contributed by atoms with E-state index >= 15 is 0 Å². The Bertz CT molecular complexity index is 899. The molecule has 0 atom stereocenters. The molecule has 0 spiro atoms. The first-order valence-electron chi connectivity index (χ1n) is 8.33. The molecule has 3 N–H and O–H groups in total. The van der Waals surface area contributed by atoms with Gasteiger partial charge in [-0.05, 0) is 42.3 Å². The lowest BCUT2D eigenvalue weighted by atomic mass is 10.0. The summed E-state index contributed by atoms with van der Waals surface area (Å²) in [6, 6.07) is 10.2. The highest BCUT2D eigenvalue weighted by Crippen LogP contribution is 2.34. The standard InChI is InChI=1S/C18H17BrN4O4/c19-12-2-4-13(5-3-12)21-18(25)7-8-20-15-10-14-11(1-6-17(24)22-14)9-16(15)23(26)27/h2-5,9-10,20H,1,6-8H2,(H,21,25)(H,22,24). The summed E-state index contributed by atoms with van der Waals surface area (Å²) in [5, 5.41) is 19.7. The Morgan fingerprint density at radius 1 is 1.22 bits per heavy atom. The van der Waals surface area contributed by atoms with E-state index in [9.17, 15) is 19.7 Å². The Balaban J connectivity index is 1.63. The van der Waals surface area contributed by atoms with Gasteiger partial charge in [-0.25, -0.2) is 0 Å². The van der Waals surface area contributed by atoms with E-state index in [4.69, 9.17) is 0 Å². The maximum atomic E-state index is 12.0. The van der Waals surface area contributed by atoms with Gasteiger partial charge in [0.05, 0.1) is 4.92 Å². The zero-order valence-electron chi connectivity index (χ0n) is 14.3. The minimum atomic E-state index is -0.471. The molecule has 1 aliphatic heterocycles. The van der Waals surface area contributed by atoms with Crippen LogP contribution < -0.4 is 16.0 Å². The lowest BCUT2D eigenvalue weighted by Crippen LogP contribution is -2.20. The van der Waals surface area contributed by atoms with E-state index in [1.54, 1.807) is 18.2 Å². The van der Waals surface area contributed by atoms with Crippen LogP contribution in [-0.4, -0.2) is 23.3 Å². The molecule has 3 rings (SSSR count). The Labute approximate surface area is 163 Å². The Hall–Kier alpha value is -2.94. The molecule has 2 amide bonds. The smallest absolute Gasteiger partial charge is 0.292 e. The van der Waals surface area contributed by atoms with E-state index in [2.05, 4.69) is 31.9 Å². The van der Waals surface area contributed by atoms with Gasteiger partial charge in [0.2, 0.25) is 11.8 Å². The number of anilines is 3. The van der Waals surface area contributed by atoms with Crippen molar-refractivity contribution in [2.45, 2.75) is 19.3 Å². The van der Waals surface area contributed by atoms with E-state index in [1.165, 1.54) is 6.07 Å². The Morgan fingerprint density at radius 3 is 2.67 bits per heavy atom. The van der Waals surface area contributed by atoms with Gasteiger partial charge in [0, 0.05) is 41.3 Å². The summed E-state index contributed by atoms with van der Waals surface area (Å²) in [5.41, 5.74) is 2.18. The van der Waals surface area contributed by atoms with Crippen molar-refractivity contribution >= 4 is 50.5 Å². The fourth-order valence-corrected chi connectivity index (χ4v) is 3.04. The van der Waals surface area contributed by atoms with Gasteiger partial charge in [0.1, 0.15) is 5.69 Å². The molecular weight excluding hydrogens is 416 g/mol. The van der Waals surface area contributed by atoms with Gasteiger partial charge in [0.25, 0.3) is 5.69 Å². The largest absolute Gasteiger partial charge is 0.379 e. The Kier molecular flexibility index (Phi) is 5.70. The molecule has 27 heavy (non-hydrogen) atoms. The van der Waals surface area contributed by atoms with Crippen LogP contribution in [0.15, 0.2) is 40.9 Å². The van der Waals surface area contributed by atoms with E-state index in [-0.39, 0.29) is 36.2 Å². The van der Waals surface area contributed by atoms with Gasteiger partial charge < -0.3 is 16.0 Å². The molecule has 1 aliphatic rings. The van der Waals surface area contributed by atoms with Crippen LogP contribution in [0, 0.1) is 10.1 Å². The second kappa shape index (κ2) is 8.17. The van der Waals surface area contributed by atoms with Gasteiger partial charge in [-0.1, -0.05) is 15.9 Å². The number of nitro groups is 1. The number of hydrogen-bond acceptors (Lipinski definition) is 5. The number of rotatable bonds is 6. The number of nitrogens with zero attached hydrogens (tertiary/aromatic N) is 1. The number of hydrogen-bond donors (Lipinski definition) is 3. The summed E-state index contributed by atoms with van der Waals surface area (Å²) in [7, 11) is 0. The highest BCUT2D eigenvalue weighted by atomic mass is 79.9. The van der Waals surface area contributed by atoms with Crippen LogP contribution in [0.4, 0.5) is 22.7 Å². The van der Waals surface area contributed by atoms with Crippen LogP contribution in [0.3, 0.4) is 0 Å². The van der Waals surface area contributed by atoms with Crippen LogP contribution in [0.1, 0.15) is 18.4 Å². The van der Waals surface area contributed by atoms with Crippen molar-refractivity contribution in [3.05, 3.63) is 56.5 Å². The molecule has 0 radical (unpaired) electrons. The predicted molar refractivity (Wildman–Crippen MR) is 106 cm³/mol. The van der Waals surface area contributed by atoms with Crippen molar-refractivity contribution in [3.8, 4) is 0 Å². The first kappa shape index (κ1) is 18.8. The van der Waals surface area contributed by atoms with Crippen molar-refractivity contribution in [2.75, 3.05) is 22.5 Å². The van der Waals surface area contributed by atoms with Crippen molar-refractivity contribution in [2.24, 2.45) is 0 Å². The Morgan fingerprint density at radius 2 is 1.96 bits per heavy atom. The molecule has 0 saturated carbocycles. The zero-order chi connectivity index (χ0) is 19.4. The van der Waals surface area contributed by atoms with Crippen molar-refractivity contribution < 1.29 is 14.5 Å². The quantitative estimate of drug-likeness (QED) is 0.475. The number of halogens is 1. The maximum Gasteiger partial charge on any atom is 0.292 e. The summed E-state index contributed by atoms with van der Waals surface area (Å²) >= 11 is 3.32. The molecule has 8 nitrogen and oxygen atoms in total. The second-order valence-electron chi connectivity index (χ2n) is 6.06. The van der Waals surface area contributed by atoms with Crippen LogP contribution in [0.25, 0.3) is 0 Å². The zero-order valence-corrected chi connectivity index (χ0v) is 15.8. The highest BCUT2D eigenvalue weighted by molar-refractivity contribution is 9.10. The molecule has 2 aromatic carbocycles. The number of carbonyl (C=O) groups excluding carboxylic acids is 2. The number of carbonyl (C=O) groups is 2. The van der Waals surface area contributed by atoms with Crippen molar-refractivity contribution in [1.29, 1.82) is 0 Å². The van der Waals surface area contributed by atoms with Gasteiger partial charge in [0.15, 0.2) is 0 Å². The van der Waals surface area contributed by atoms with Gasteiger partial charge in [-0.3, -0.25) is 19.7 Å². The number of benzene rings is 2. The first-order valence-corrected chi connectivity index (χ1v) is 9.12. The third kappa shape index (κ3) is 4.82. The molecule has 140 valence electrons.